The number of aryl methyl sites for hydroxylation is 4. The molecule has 536 valence electrons. The first-order valence-corrected chi connectivity index (χ1v) is 36.6. The number of phenolic OH excluding ortho intramolecular Hbond substituents is 3. The highest BCUT2D eigenvalue weighted by molar-refractivity contribution is 6.30. The van der Waals surface area contributed by atoms with Crippen molar-refractivity contribution in [3.05, 3.63) is 229 Å². The molecule has 3 atom stereocenters. The van der Waals surface area contributed by atoms with Gasteiger partial charge in [0, 0.05) is 162 Å². The Morgan fingerprint density at radius 2 is 0.750 bits per heavy atom. The SMILES string of the molecule is CCOC(=O)c1c(C)oc2c1c(C(c1ccc(C)cc1)N1CCN(C)CC1)c(O)c1cc(CN3CCN(C(c4ccc(Cl)cc4)c4c(O)c5cc(CN6CCN(C(c7ccccc7)c7c(O)c8ccccc8c8oc(C)c(C(=O)OCC)c78)CC6)ccc5c5oc(C)c(C(=O)OCC)c45)CC3)ccc12. The molecule has 18 nitrogen and oxygen atoms in total. The van der Waals surface area contributed by atoms with Crippen molar-refractivity contribution in [3.8, 4) is 17.2 Å². The molecule has 3 N–H and O–H groups in total. The second kappa shape index (κ2) is 29.1. The van der Waals surface area contributed by atoms with Crippen LogP contribution in [-0.4, -0.2) is 168 Å². The van der Waals surface area contributed by atoms with Gasteiger partial charge in [-0.05, 0) is 108 Å². The lowest BCUT2D eigenvalue weighted by molar-refractivity contribution is 0.0516. The molecule has 104 heavy (non-hydrogen) atoms. The monoisotopic (exact) mass is 1420 g/mol. The number of furan rings is 3. The van der Waals surface area contributed by atoms with Crippen LogP contribution < -0.4 is 0 Å². The third kappa shape index (κ3) is 12.7. The number of carbonyl (C=O) groups excluding carboxylic acids is 3. The van der Waals surface area contributed by atoms with Crippen molar-refractivity contribution in [3.63, 3.8) is 0 Å². The Kier molecular flexibility index (Phi) is 19.5. The maximum absolute atomic E-state index is 14.4. The van der Waals surface area contributed by atoms with E-state index in [4.69, 9.17) is 39.1 Å². The first kappa shape index (κ1) is 69.9. The van der Waals surface area contributed by atoms with Crippen LogP contribution in [0.5, 0.6) is 17.2 Å². The second-order valence-corrected chi connectivity index (χ2v) is 28.4. The summed E-state index contributed by atoms with van der Waals surface area (Å²) in [6.07, 6.45) is 0. The molecule has 0 saturated carbocycles. The molecule has 0 spiro atoms. The van der Waals surface area contributed by atoms with E-state index in [1.54, 1.807) is 41.5 Å². The molecule has 3 saturated heterocycles. The summed E-state index contributed by atoms with van der Waals surface area (Å²) in [5.74, 6) is -0.125. The van der Waals surface area contributed by atoms with Gasteiger partial charge < -0.3 is 47.7 Å². The Morgan fingerprint density at radius 3 is 1.14 bits per heavy atom. The molecule has 0 amide bonds. The van der Waals surface area contributed by atoms with Gasteiger partial charge in [0.05, 0.1) is 37.9 Å². The minimum atomic E-state index is -0.597. The third-order valence-electron chi connectivity index (χ3n) is 21.6. The summed E-state index contributed by atoms with van der Waals surface area (Å²) < 4.78 is 37.0. The molecule has 3 aromatic heterocycles. The largest absolute Gasteiger partial charge is 0.507 e. The lowest BCUT2D eigenvalue weighted by Gasteiger charge is -2.40. The highest BCUT2D eigenvalue weighted by atomic mass is 35.5. The molecule has 3 aliphatic rings. The molecule has 3 aliphatic heterocycles. The summed E-state index contributed by atoms with van der Waals surface area (Å²) in [7, 11) is 2.12. The maximum atomic E-state index is 14.4. The van der Waals surface area contributed by atoms with Crippen molar-refractivity contribution in [2.24, 2.45) is 0 Å². The highest BCUT2D eigenvalue weighted by Crippen LogP contribution is 2.52. The zero-order valence-electron chi connectivity index (χ0n) is 60.1. The molecule has 15 rings (SSSR count). The van der Waals surface area contributed by atoms with E-state index < -0.39 is 36.0 Å². The summed E-state index contributed by atoms with van der Waals surface area (Å²) in [6.45, 7) is 22.4. The fraction of sp³-hybridized carbons (Fsp3) is 0.329. The fourth-order valence-electron chi connectivity index (χ4n) is 16.6. The average molecular weight is 1420 g/mol. The number of piperazine rings is 3. The van der Waals surface area contributed by atoms with E-state index in [1.807, 2.05) is 84.9 Å². The zero-order chi connectivity index (χ0) is 72.4. The maximum Gasteiger partial charge on any atom is 0.342 e. The number of phenols is 3. The van der Waals surface area contributed by atoms with Gasteiger partial charge in [-0.15, -0.1) is 0 Å². The standard InChI is InChI=1S/C85H87ClN6O12/c1-9-99-83(96)65-50(5)102-80-60-20-16-15-19-59(60)77(93)71(68(65)80)74(55-17-13-12-14-18-55)91-41-35-88(36-42-91)47-54-24-32-62-64(46-54)79(95)73(70-67(85(98)101-11-3)52(7)104-82(62)70)76(57-27-29-58(86)30-28-57)92-43-37-89(38-44-92)48-53-23-31-61-63(45-53)78(94)72(69-66(84(97)100-10-2)51(6)103-81(61)69)75(56-25-21-49(4)22-26-56)90-39-33-87(8)34-40-90/h12-32,45-46,74-76,93-95H,9-11,33-44,47-48H2,1-8H3. The third-order valence-corrected chi connectivity index (χ3v) is 21.9. The topological polar surface area (TPSA) is 198 Å². The summed E-state index contributed by atoms with van der Waals surface area (Å²) in [4.78, 5) is 56.6. The normalized spacial score (nSPS) is 16.5. The minimum Gasteiger partial charge on any atom is -0.507 e. The molecule has 9 aromatic carbocycles. The lowest BCUT2D eigenvalue weighted by atomic mass is 9.87. The molecule has 3 unspecified atom stereocenters. The second-order valence-electron chi connectivity index (χ2n) is 28.0. The fourth-order valence-corrected chi connectivity index (χ4v) is 16.8. The molecule has 0 bridgehead atoms. The number of hydrogen-bond donors (Lipinski definition) is 3. The first-order chi connectivity index (χ1) is 50.4. The van der Waals surface area contributed by atoms with E-state index in [-0.39, 0.29) is 42.6 Å². The Hall–Kier alpha value is -9.76. The Morgan fingerprint density at radius 1 is 0.413 bits per heavy atom. The van der Waals surface area contributed by atoms with E-state index in [2.05, 4.69) is 98.0 Å². The Bertz CT molecular complexity index is 5280. The van der Waals surface area contributed by atoms with Crippen molar-refractivity contribution in [1.29, 1.82) is 0 Å². The van der Waals surface area contributed by atoms with Crippen LogP contribution in [0.25, 0.3) is 65.2 Å². The van der Waals surface area contributed by atoms with Crippen LogP contribution in [0.2, 0.25) is 5.02 Å². The first-order valence-electron chi connectivity index (χ1n) is 36.2. The van der Waals surface area contributed by atoms with Gasteiger partial charge in [-0.25, -0.2) is 14.4 Å². The van der Waals surface area contributed by atoms with E-state index in [0.29, 0.717) is 181 Å². The predicted octanol–water partition coefficient (Wildman–Crippen LogP) is 16.1. The number of rotatable bonds is 19. The number of halogens is 1. The molecule has 0 aliphatic carbocycles. The number of fused-ring (bicyclic) bond motifs is 9. The number of nitrogens with zero attached hydrogens (tertiary/aromatic N) is 6. The minimum absolute atomic E-state index is 0.0274. The number of esters is 3. The van der Waals surface area contributed by atoms with Crippen LogP contribution in [0.15, 0.2) is 153 Å². The van der Waals surface area contributed by atoms with Crippen LogP contribution >= 0.6 is 11.6 Å². The number of aromatic hydroxyl groups is 3. The molecular weight excluding hydrogens is 1330 g/mol. The summed E-state index contributed by atoms with van der Waals surface area (Å²) >= 11 is 6.68. The van der Waals surface area contributed by atoms with Crippen LogP contribution in [0, 0.1) is 27.7 Å². The van der Waals surface area contributed by atoms with Gasteiger partial charge in [0.15, 0.2) is 0 Å². The molecule has 0 radical (unpaired) electrons. The Balaban J connectivity index is 0.755. The molecule has 3 fully saturated rings. The van der Waals surface area contributed by atoms with Gasteiger partial charge in [-0.1, -0.05) is 132 Å². The van der Waals surface area contributed by atoms with Gasteiger partial charge in [-0.3, -0.25) is 24.5 Å². The van der Waals surface area contributed by atoms with Crippen molar-refractivity contribution < 1.29 is 57.2 Å². The molecular formula is C85H87ClN6O12. The van der Waals surface area contributed by atoms with Gasteiger partial charge in [0.2, 0.25) is 0 Å². The van der Waals surface area contributed by atoms with E-state index >= 15 is 0 Å². The van der Waals surface area contributed by atoms with E-state index in [9.17, 15) is 29.7 Å². The zero-order valence-corrected chi connectivity index (χ0v) is 60.9. The number of likely N-dealkylation sites (N-methyl/N-ethyl adjacent to an activating group) is 1. The van der Waals surface area contributed by atoms with Gasteiger partial charge in [0.25, 0.3) is 0 Å². The number of benzene rings is 9. The molecule has 6 heterocycles. The van der Waals surface area contributed by atoms with Gasteiger partial charge in [-0.2, -0.15) is 0 Å². The van der Waals surface area contributed by atoms with Gasteiger partial charge in [0.1, 0.15) is 68.0 Å². The van der Waals surface area contributed by atoms with Crippen molar-refractivity contribution >= 4 is 94.7 Å². The Labute approximate surface area is 609 Å². The predicted molar refractivity (Wildman–Crippen MR) is 406 cm³/mol. The van der Waals surface area contributed by atoms with Crippen LogP contribution in [0.1, 0.15) is 137 Å². The number of ether oxygens (including phenoxy) is 3. The van der Waals surface area contributed by atoms with Crippen molar-refractivity contribution in [2.45, 2.75) is 79.7 Å². The summed E-state index contributed by atoms with van der Waals surface area (Å²) in [5.41, 5.74) is 10.0. The van der Waals surface area contributed by atoms with E-state index in [0.717, 1.165) is 59.6 Å². The lowest BCUT2D eigenvalue weighted by Crippen LogP contribution is -2.47. The van der Waals surface area contributed by atoms with Crippen LogP contribution in [0.3, 0.4) is 0 Å². The average Bonchev–Trinajstić information content (AvgIpc) is 1.51. The summed E-state index contributed by atoms with van der Waals surface area (Å²) in [5, 5.41) is 45.1. The van der Waals surface area contributed by atoms with Gasteiger partial charge >= 0.3 is 17.9 Å². The highest BCUT2D eigenvalue weighted by Gasteiger charge is 2.40. The van der Waals surface area contributed by atoms with Crippen molar-refractivity contribution in [2.75, 3.05) is 105 Å². The number of carbonyl (C=O) groups is 3. The molecule has 12 aromatic rings. The molecule has 19 heteroatoms. The van der Waals surface area contributed by atoms with Crippen LogP contribution in [0.4, 0.5) is 0 Å². The summed E-state index contributed by atoms with van der Waals surface area (Å²) in [6, 6.07) is 44.5. The van der Waals surface area contributed by atoms with Crippen molar-refractivity contribution in [1.82, 2.24) is 29.4 Å². The number of hydrogen-bond acceptors (Lipinski definition) is 18. The smallest absolute Gasteiger partial charge is 0.342 e. The van der Waals surface area contributed by atoms with Crippen LogP contribution in [-0.2, 0) is 27.3 Å². The van der Waals surface area contributed by atoms with E-state index in [1.165, 1.54) is 0 Å². The quantitative estimate of drug-likeness (QED) is 0.0510.